The van der Waals surface area contributed by atoms with Gasteiger partial charge in [0.2, 0.25) is 0 Å². The van der Waals surface area contributed by atoms with Gasteiger partial charge in [0, 0.05) is 4.90 Å². The number of hydrogen-bond donors (Lipinski definition) is 0. The van der Waals surface area contributed by atoms with Gasteiger partial charge in [-0.15, -0.1) is 0 Å². The molecule has 0 N–H and O–H groups in total. The second-order valence-electron chi connectivity index (χ2n) is 6.27. The van der Waals surface area contributed by atoms with Crippen molar-refractivity contribution in [3.63, 3.8) is 0 Å². The van der Waals surface area contributed by atoms with Gasteiger partial charge in [0.05, 0.1) is 17.0 Å². The zero-order valence-corrected chi connectivity index (χ0v) is 15.9. The molecule has 0 atom stereocenters. The van der Waals surface area contributed by atoms with Crippen molar-refractivity contribution in [2.24, 2.45) is 5.10 Å². The Bertz CT molecular complexity index is 1030. The van der Waals surface area contributed by atoms with Crippen LogP contribution in [-0.2, 0) is 4.79 Å². The molecule has 27 heavy (non-hydrogen) atoms. The lowest BCUT2D eigenvalue weighted by atomic mass is 10.1. The molecule has 3 aromatic rings. The minimum atomic E-state index is -0.150. The molecule has 134 valence electrons. The summed E-state index contributed by atoms with van der Waals surface area (Å²) in [5.74, 6) is 0.486. The first-order valence-corrected chi connectivity index (χ1v) is 9.43. The Kier molecular flexibility index (Phi) is 4.69. The molecule has 1 aliphatic rings. The molecular formula is C22H18N2O2S. The van der Waals surface area contributed by atoms with Gasteiger partial charge in [0.15, 0.2) is 5.09 Å². The fourth-order valence-corrected chi connectivity index (χ4v) is 3.54. The van der Waals surface area contributed by atoms with Gasteiger partial charge in [-0.2, -0.15) is 10.1 Å². The minimum absolute atomic E-state index is 0.150. The lowest BCUT2D eigenvalue weighted by molar-refractivity contribution is -0.114. The molecule has 0 spiro atoms. The molecular weight excluding hydrogens is 356 g/mol. The molecule has 2 heterocycles. The molecule has 1 aromatic heterocycles. The topological polar surface area (TPSA) is 45.8 Å². The van der Waals surface area contributed by atoms with Gasteiger partial charge in [-0.1, -0.05) is 47.7 Å². The third kappa shape index (κ3) is 3.73. The van der Waals surface area contributed by atoms with Crippen LogP contribution < -0.4 is 5.01 Å². The monoisotopic (exact) mass is 374 g/mol. The van der Waals surface area contributed by atoms with Gasteiger partial charge in [0.1, 0.15) is 5.76 Å². The predicted octanol–water partition coefficient (Wildman–Crippen LogP) is 5.55. The molecule has 5 heteroatoms. The van der Waals surface area contributed by atoms with Crippen LogP contribution in [0.3, 0.4) is 0 Å². The van der Waals surface area contributed by atoms with Crippen molar-refractivity contribution in [2.75, 3.05) is 5.01 Å². The van der Waals surface area contributed by atoms with E-state index in [4.69, 9.17) is 4.42 Å². The summed E-state index contributed by atoms with van der Waals surface area (Å²) in [4.78, 5) is 13.9. The molecule has 0 bridgehead atoms. The van der Waals surface area contributed by atoms with Crippen molar-refractivity contribution in [3.8, 4) is 0 Å². The van der Waals surface area contributed by atoms with E-state index < -0.39 is 0 Å². The smallest absolute Gasteiger partial charge is 0.280 e. The second-order valence-corrected chi connectivity index (χ2v) is 7.35. The largest absolute Gasteiger partial charge is 0.450 e. The molecule has 0 unspecified atom stereocenters. The van der Waals surface area contributed by atoms with Crippen molar-refractivity contribution < 1.29 is 9.21 Å². The molecule has 0 aliphatic carbocycles. The van der Waals surface area contributed by atoms with Gasteiger partial charge in [0.25, 0.3) is 5.91 Å². The Morgan fingerprint density at radius 2 is 1.70 bits per heavy atom. The van der Waals surface area contributed by atoms with Crippen LogP contribution in [0.25, 0.3) is 6.08 Å². The van der Waals surface area contributed by atoms with E-state index in [-0.39, 0.29) is 5.91 Å². The quantitative estimate of drug-likeness (QED) is 0.563. The van der Waals surface area contributed by atoms with Gasteiger partial charge < -0.3 is 4.42 Å². The van der Waals surface area contributed by atoms with Gasteiger partial charge >= 0.3 is 0 Å². The van der Waals surface area contributed by atoms with Crippen LogP contribution >= 0.6 is 11.8 Å². The number of carbonyl (C=O) groups excluding carboxylic acids is 1. The molecule has 0 fully saturated rings. The summed E-state index contributed by atoms with van der Waals surface area (Å²) >= 11 is 1.55. The van der Waals surface area contributed by atoms with Crippen molar-refractivity contribution in [1.29, 1.82) is 0 Å². The maximum absolute atomic E-state index is 12.7. The maximum atomic E-state index is 12.7. The summed E-state index contributed by atoms with van der Waals surface area (Å²) in [6.45, 7) is 3.89. The number of furan rings is 1. The lowest BCUT2D eigenvalue weighted by Gasteiger charge is -2.10. The summed E-state index contributed by atoms with van der Waals surface area (Å²) in [6.07, 6.45) is 1.75. The second kappa shape index (κ2) is 7.29. The van der Waals surface area contributed by atoms with E-state index in [2.05, 4.69) is 36.3 Å². The number of benzene rings is 2. The third-order valence-electron chi connectivity index (χ3n) is 4.19. The van der Waals surface area contributed by atoms with E-state index in [1.165, 1.54) is 10.6 Å². The van der Waals surface area contributed by atoms with Crippen molar-refractivity contribution in [2.45, 2.75) is 23.8 Å². The van der Waals surface area contributed by atoms with Crippen LogP contribution in [0.2, 0.25) is 0 Å². The third-order valence-corrected chi connectivity index (χ3v) is 5.12. The van der Waals surface area contributed by atoms with Crippen LogP contribution in [0, 0.1) is 6.92 Å². The highest BCUT2D eigenvalue weighted by atomic mass is 32.2. The van der Waals surface area contributed by atoms with Crippen LogP contribution in [0.4, 0.5) is 5.69 Å². The van der Waals surface area contributed by atoms with Crippen molar-refractivity contribution in [1.82, 2.24) is 0 Å². The summed E-state index contributed by atoms with van der Waals surface area (Å²) in [7, 11) is 0. The number of rotatable bonds is 4. The standard InChI is InChI=1S/C22H18N2O2S/c1-15-8-11-19(12-9-15)27-21-13-10-18(26-21)14-20-16(2)23-24(22(20)25)17-6-4-3-5-7-17/h3-14H,1-2H3/b20-14-. The number of anilines is 1. The highest BCUT2D eigenvalue weighted by molar-refractivity contribution is 7.99. The number of aryl methyl sites for hydroxylation is 1. The Balaban J connectivity index is 1.54. The van der Waals surface area contributed by atoms with E-state index in [0.29, 0.717) is 17.0 Å². The van der Waals surface area contributed by atoms with Crippen LogP contribution in [-0.4, -0.2) is 11.6 Å². The van der Waals surface area contributed by atoms with Gasteiger partial charge in [-0.3, -0.25) is 4.79 Å². The average molecular weight is 374 g/mol. The number of nitrogens with zero attached hydrogens (tertiary/aromatic N) is 2. The highest BCUT2D eigenvalue weighted by Gasteiger charge is 2.28. The molecule has 4 rings (SSSR count). The summed E-state index contributed by atoms with van der Waals surface area (Å²) in [6, 6.07) is 21.5. The molecule has 0 radical (unpaired) electrons. The predicted molar refractivity (Wildman–Crippen MR) is 109 cm³/mol. The molecule has 4 nitrogen and oxygen atoms in total. The van der Waals surface area contributed by atoms with Gasteiger partial charge in [-0.05, 0) is 56.3 Å². The summed E-state index contributed by atoms with van der Waals surface area (Å²) in [5, 5.41) is 6.59. The Hall–Kier alpha value is -3.05. The molecule has 1 amide bonds. The van der Waals surface area contributed by atoms with E-state index >= 15 is 0 Å². The van der Waals surface area contributed by atoms with E-state index in [1.807, 2.05) is 49.4 Å². The average Bonchev–Trinajstić information content (AvgIpc) is 3.24. The fraction of sp³-hybridized carbons (Fsp3) is 0.0909. The number of hydrogen-bond acceptors (Lipinski definition) is 4. The zero-order chi connectivity index (χ0) is 18.8. The fourth-order valence-electron chi connectivity index (χ4n) is 2.76. The zero-order valence-electron chi connectivity index (χ0n) is 15.0. The Morgan fingerprint density at radius 3 is 2.44 bits per heavy atom. The van der Waals surface area contributed by atoms with Crippen LogP contribution in [0.5, 0.6) is 0 Å². The van der Waals surface area contributed by atoms with E-state index in [9.17, 15) is 4.79 Å². The maximum Gasteiger partial charge on any atom is 0.280 e. The molecule has 0 saturated heterocycles. The summed E-state index contributed by atoms with van der Waals surface area (Å²) in [5.41, 5.74) is 3.19. The number of para-hydroxylation sites is 1. The van der Waals surface area contributed by atoms with E-state index in [0.717, 1.165) is 15.7 Å². The van der Waals surface area contributed by atoms with E-state index in [1.54, 1.807) is 17.8 Å². The lowest BCUT2D eigenvalue weighted by Crippen LogP contribution is -2.21. The first kappa shape index (κ1) is 17.4. The van der Waals surface area contributed by atoms with Crippen molar-refractivity contribution >= 4 is 35.1 Å². The van der Waals surface area contributed by atoms with Gasteiger partial charge in [-0.25, -0.2) is 0 Å². The number of carbonyl (C=O) groups is 1. The Labute approximate surface area is 162 Å². The molecule has 1 aliphatic heterocycles. The first-order chi connectivity index (χ1) is 13.1. The Morgan fingerprint density at radius 1 is 0.963 bits per heavy atom. The minimum Gasteiger partial charge on any atom is -0.450 e. The summed E-state index contributed by atoms with van der Waals surface area (Å²) < 4.78 is 5.88. The SMILES string of the molecule is CC1=NN(c2ccccc2)C(=O)/C1=C\c1ccc(Sc2ccc(C)cc2)o1. The first-order valence-electron chi connectivity index (χ1n) is 8.61. The normalized spacial score (nSPS) is 15.5. The highest BCUT2D eigenvalue weighted by Crippen LogP contribution is 2.31. The number of amides is 1. The van der Waals surface area contributed by atoms with Crippen LogP contribution in [0.15, 0.2) is 91.8 Å². The van der Waals surface area contributed by atoms with Crippen LogP contribution in [0.1, 0.15) is 18.2 Å². The molecule has 2 aromatic carbocycles. The molecule has 0 saturated carbocycles. The number of hydrazone groups is 1. The van der Waals surface area contributed by atoms with Crippen molar-refractivity contribution in [3.05, 3.63) is 83.6 Å².